The minimum absolute atomic E-state index is 0.0481. The molecule has 0 heterocycles. The van der Waals surface area contributed by atoms with Gasteiger partial charge in [-0.2, -0.15) is 5.10 Å². The van der Waals surface area contributed by atoms with E-state index in [0.717, 1.165) is 11.6 Å². The van der Waals surface area contributed by atoms with Crippen LogP contribution in [0.25, 0.3) is 0 Å². The predicted molar refractivity (Wildman–Crippen MR) is 88.9 cm³/mol. The van der Waals surface area contributed by atoms with Crippen LogP contribution in [-0.2, 0) is 10.0 Å². The summed E-state index contributed by atoms with van der Waals surface area (Å²) in [6, 6.07) is 13.1. The Hall–Kier alpha value is -2.22. The highest BCUT2D eigenvalue weighted by Gasteiger charge is 2.16. The van der Waals surface area contributed by atoms with Gasteiger partial charge >= 0.3 is 0 Å². The van der Waals surface area contributed by atoms with Crippen molar-refractivity contribution in [2.75, 3.05) is 0 Å². The standard InChI is InChI=1S/C15H14ClN3O3S/c1-10(11-5-3-2-4-6-11)18-19-15(20)12-7-8-13(16)14(9-12)23(17,21)22/h2-9H,1H3,(H,19,20)(H2,17,21,22)/b18-10+. The van der Waals surface area contributed by atoms with E-state index in [9.17, 15) is 13.2 Å². The molecule has 2 rings (SSSR count). The number of nitrogens with zero attached hydrogens (tertiary/aromatic N) is 1. The molecular formula is C15H14ClN3O3S. The summed E-state index contributed by atoms with van der Waals surface area (Å²) >= 11 is 5.77. The van der Waals surface area contributed by atoms with Crippen molar-refractivity contribution < 1.29 is 13.2 Å². The topological polar surface area (TPSA) is 102 Å². The number of hydrogen-bond acceptors (Lipinski definition) is 4. The van der Waals surface area contributed by atoms with Crippen molar-refractivity contribution in [3.63, 3.8) is 0 Å². The molecule has 0 atom stereocenters. The van der Waals surface area contributed by atoms with Crippen LogP contribution >= 0.6 is 11.6 Å². The molecule has 8 heteroatoms. The number of nitrogens with one attached hydrogen (secondary N) is 1. The molecule has 0 saturated heterocycles. The Morgan fingerprint density at radius 2 is 1.78 bits per heavy atom. The summed E-state index contributed by atoms with van der Waals surface area (Å²) in [7, 11) is -4.01. The normalized spacial score (nSPS) is 12.0. The van der Waals surface area contributed by atoms with Crippen LogP contribution < -0.4 is 10.6 Å². The second kappa shape index (κ2) is 6.91. The van der Waals surface area contributed by atoms with E-state index in [1.165, 1.54) is 12.1 Å². The molecule has 23 heavy (non-hydrogen) atoms. The molecule has 0 radical (unpaired) electrons. The molecule has 0 aromatic heterocycles. The first-order valence-electron chi connectivity index (χ1n) is 6.51. The number of hydrazone groups is 1. The number of amides is 1. The molecule has 0 aliphatic heterocycles. The Morgan fingerprint density at radius 1 is 1.13 bits per heavy atom. The van der Waals surface area contributed by atoms with E-state index in [-0.39, 0.29) is 15.5 Å². The Balaban J connectivity index is 2.22. The fourth-order valence-corrected chi connectivity index (χ4v) is 2.88. The Labute approximate surface area is 139 Å². The predicted octanol–water partition coefficient (Wildman–Crippen LogP) is 2.14. The van der Waals surface area contributed by atoms with Gasteiger partial charge in [-0.3, -0.25) is 4.79 Å². The first-order valence-corrected chi connectivity index (χ1v) is 8.44. The fourth-order valence-electron chi connectivity index (χ4n) is 1.81. The van der Waals surface area contributed by atoms with E-state index in [0.29, 0.717) is 5.71 Å². The van der Waals surface area contributed by atoms with Gasteiger partial charge in [-0.05, 0) is 30.7 Å². The second-order valence-electron chi connectivity index (χ2n) is 4.69. The minimum atomic E-state index is -4.01. The first kappa shape index (κ1) is 17.1. The summed E-state index contributed by atoms with van der Waals surface area (Å²) in [6.45, 7) is 1.74. The zero-order valence-electron chi connectivity index (χ0n) is 12.2. The molecule has 0 saturated carbocycles. The summed E-state index contributed by atoms with van der Waals surface area (Å²) in [5.41, 5.74) is 3.92. The first-order chi connectivity index (χ1) is 10.8. The lowest BCUT2D eigenvalue weighted by molar-refractivity contribution is 0.0954. The molecule has 1 amide bonds. The van der Waals surface area contributed by atoms with Crippen LogP contribution in [0.5, 0.6) is 0 Å². The van der Waals surface area contributed by atoms with E-state index in [2.05, 4.69) is 10.5 Å². The third kappa shape index (κ3) is 4.38. The van der Waals surface area contributed by atoms with E-state index in [1.807, 2.05) is 30.3 Å². The summed E-state index contributed by atoms with van der Waals surface area (Å²) < 4.78 is 22.8. The van der Waals surface area contributed by atoms with Crippen molar-refractivity contribution in [3.05, 3.63) is 64.7 Å². The average Bonchev–Trinajstić information content (AvgIpc) is 2.52. The van der Waals surface area contributed by atoms with Gasteiger partial charge in [0.25, 0.3) is 5.91 Å². The van der Waals surface area contributed by atoms with E-state index in [4.69, 9.17) is 16.7 Å². The number of rotatable bonds is 4. The maximum absolute atomic E-state index is 12.1. The van der Waals surface area contributed by atoms with Gasteiger partial charge in [0.1, 0.15) is 4.90 Å². The SMILES string of the molecule is C/C(=N\NC(=O)c1ccc(Cl)c(S(N)(=O)=O)c1)c1ccccc1. The molecule has 0 spiro atoms. The van der Waals surface area contributed by atoms with Crippen LogP contribution in [0.2, 0.25) is 5.02 Å². The highest BCUT2D eigenvalue weighted by Crippen LogP contribution is 2.21. The van der Waals surface area contributed by atoms with Crippen molar-refractivity contribution in [2.24, 2.45) is 10.2 Å². The molecule has 0 fully saturated rings. The van der Waals surface area contributed by atoms with Crippen molar-refractivity contribution in [2.45, 2.75) is 11.8 Å². The van der Waals surface area contributed by atoms with Gasteiger partial charge in [-0.1, -0.05) is 41.9 Å². The molecule has 2 aromatic rings. The Kier molecular flexibility index (Phi) is 5.15. The fraction of sp³-hybridized carbons (Fsp3) is 0.0667. The largest absolute Gasteiger partial charge is 0.271 e. The number of carbonyl (C=O) groups excluding carboxylic acids is 1. The van der Waals surface area contributed by atoms with E-state index < -0.39 is 15.9 Å². The monoisotopic (exact) mass is 351 g/mol. The third-order valence-electron chi connectivity index (χ3n) is 3.02. The van der Waals surface area contributed by atoms with Gasteiger partial charge in [0.2, 0.25) is 10.0 Å². The number of nitrogens with two attached hydrogens (primary N) is 1. The lowest BCUT2D eigenvalue weighted by Gasteiger charge is -2.06. The summed E-state index contributed by atoms with van der Waals surface area (Å²) in [6.07, 6.45) is 0. The zero-order valence-corrected chi connectivity index (χ0v) is 13.7. The highest BCUT2D eigenvalue weighted by atomic mass is 35.5. The average molecular weight is 352 g/mol. The molecule has 2 aromatic carbocycles. The molecule has 0 unspecified atom stereocenters. The summed E-state index contributed by atoms with van der Waals surface area (Å²) in [4.78, 5) is 11.8. The van der Waals surface area contributed by atoms with Crippen molar-refractivity contribution in [1.29, 1.82) is 0 Å². The molecule has 3 N–H and O–H groups in total. The molecule has 120 valence electrons. The number of hydrogen-bond donors (Lipinski definition) is 2. The lowest BCUT2D eigenvalue weighted by atomic mass is 10.1. The smallest absolute Gasteiger partial charge is 0.267 e. The summed E-state index contributed by atoms with van der Waals surface area (Å²) in [5.74, 6) is -0.568. The van der Waals surface area contributed by atoms with Gasteiger partial charge in [0.15, 0.2) is 0 Å². The van der Waals surface area contributed by atoms with Crippen LogP contribution in [0, 0.1) is 0 Å². The van der Waals surface area contributed by atoms with Gasteiger partial charge in [0, 0.05) is 5.56 Å². The van der Waals surface area contributed by atoms with Crippen molar-refractivity contribution in [3.8, 4) is 0 Å². The van der Waals surface area contributed by atoms with Gasteiger partial charge in [-0.15, -0.1) is 0 Å². The summed E-state index contributed by atoms with van der Waals surface area (Å²) in [5, 5.41) is 8.99. The van der Waals surface area contributed by atoms with E-state index >= 15 is 0 Å². The lowest BCUT2D eigenvalue weighted by Crippen LogP contribution is -2.20. The highest BCUT2D eigenvalue weighted by molar-refractivity contribution is 7.89. The zero-order chi connectivity index (χ0) is 17.0. The number of sulfonamides is 1. The molecule has 0 aliphatic carbocycles. The van der Waals surface area contributed by atoms with Gasteiger partial charge < -0.3 is 0 Å². The van der Waals surface area contributed by atoms with Crippen LogP contribution in [0.1, 0.15) is 22.8 Å². The molecule has 0 aliphatic rings. The number of carbonyl (C=O) groups is 1. The minimum Gasteiger partial charge on any atom is -0.267 e. The Bertz CT molecular complexity index is 865. The van der Waals surface area contributed by atoms with E-state index in [1.54, 1.807) is 6.92 Å². The van der Waals surface area contributed by atoms with Crippen molar-refractivity contribution in [1.82, 2.24) is 5.43 Å². The number of halogens is 1. The number of primary sulfonamides is 1. The molecule has 6 nitrogen and oxygen atoms in total. The number of benzene rings is 2. The van der Waals surface area contributed by atoms with Crippen molar-refractivity contribution >= 4 is 33.2 Å². The van der Waals surface area contributed by atoms with Gasteiger partial charge in [-0.25, -0.2) is 19.0 Å². The molecular weight excluding hydrogens is 338 g/mol. The maximum Gasteiger partial charge on any atom is 0.271 e. The third-order valence-corrected chi connectivity index (χ3v) is 4.41. The van der Waals surface area contributed by atoms with Gasteiger partial charge in [0.05, 0.1) is 10.7 Å². The maximum atomic E-state index is 12.1. The van der Waals surface area contributed by atoms with Crippen LogP contribution in [-0.4, -0.2) is 20.0 Å². The van der Waals surface area contributed by atoms with Crippen LogP contribution in [0.4, 0.5) is 0 Å². The van der Waals surface area contributed by atoms with Crippen LogP contribution in [0.3, 0.4) is 0 Å². The quantitative estimate of drug-likeness (QED) is 0.651. The van der Waals surface area contributed by atoms with Crippen LogP contribution in [0.15, 0.2) is 58.5 Å². The second-order valence-corrected chi connectivity index (χ2v) is 6.63. The Morgan fingerprint density at radius 3 is 2.39 bits per heavy atom. The molecule has 0 bridgehead atoms.